The van der Waals surface area contributed by atoms with Gasteiger partial charge in [0, 0.05) is 23.7 Å². The van der Waals surface area contributed by atoms with Crippen molar-refractivity contribution in [1.29, 1.82) is 0 Å². The lowest BCUT2D eigenvalue weighted by Gasteiger charge is -2.07. The van der Waals surface area contributed by atoms with E-state index in [4.69, 9.17) is 5.73 Å². The fourth-order valence-corrected chi connectivity index (χ4v) is 2.03. The van der Waals surface area contributed by atoms with Gasteiger partial charge < -0.3 is 16.4 Å². The van der Waals surface area contributed by atoms with Crippen molar-refractivity contribution in [1.82, 2.24) is 5.32 Å². The zero-order chi connectivity index (χ0) is 15.1. The van der Waals surface area contributed by atoms with Crippen molar-refractivity contribution in [3.05, 3.63) is 29.8 Å². The highest BCUT2D eigenvalue weighted by Gasteiger charge is 2.23. The van der Waals surface area contributed by atoms with Gasteiger partial charge in [-0.2, -0.15) is 0 Å². The summed E-state index contributed by atoms with van der Waals surface area (Å²) in [5, 5.41) is 5.77. The second-order valence-corrected chi connectivity index (χ2v) is 5.47. The van der Waals surface area contributed by atoms with E-state index in [2.05, 4.69) is 10.6 Å². The van der Waals surface area contributed by atoms with Crippen LogP contribution in [0.15, 0.2) is 24.3 Å². The number of unbranched alkanes of at least 4 members (excludes halogenated alkanes) is 2. The van der Waals surface area contributed by atoms with Crippen LogP contribution < -0.4 is 16.4 Å². The fraction of sp³-hybridized carbons (Fsp3) is 0.500. The molecule has 21 heavy (non-hydrogen) atoms. The second-order valence-electron chi connectivity index (χ2n) is 5.47. The van der Waals surface area contributed by atoms with Crippen LogP contribution >= 0.6 is 0 Å². The van der Waals surface area contributed by atoms with Gasteiger partial charge in [0.1, 0.15) is 0 Å². The Labute approximate surface area is 125 Å². The molecule has 1 aromatic carbocycles. The van der Waals surface area contributed by atoms with Crippen molar-refractivity contribution in [3.63, 3.8) is 0 Å². The van der Waals surface area contributed by atoms with E-state index in [0.717, 1.165) is 37.8 Å². The molecule has 1 aromatic rings. The summed E-state index contributed by atoms with van der Waals surface area (Å²) in [6.07, 6.45) is 5.44. The van der Waals surface area contributed by atoms with Gasteiger partial charge in [-0.05, 0) is 56.5 Å². The Morgan fingerprint density at radius 2 is 1.81 bits per heavy atom. The molecule has 0 atom stereocenters. The molecule has 114 valence electrons. The van der Waals surface area contributed by atoms with Gasteiger partial charge in [0.2, 0.25) is 5.91 Å². The van der Waals surface area contributed by atoms with Crippen molar-refractivity contribution >= 4 is 17.5 Å². The van der Waals surface area contributed by atoms with Crippen LogP contribution in [0, 0.1) is 0 Å². The number of hydrogen-bond acceptors (Lipinski definition) is 3. The van der Waals surface area contributed by atoms with E-state index < -0.39 is 0 Å². The van der Waals surface area contributed by atoms with Crippen LogP contribution in [0.5, 0.6) is 0 Å². The summed E-state index contributed by atoms with van der Waals surface area (Å²) in [5.41, 5.74) is 6.76. The largest absolute Gasteiger partial charge is 0.349 e. The molecule has 0 bridgehead atoms. The van der Waals surface area contributed by atoms with Crippen molar-refractivity contribution in [2.75, 3.05) is 11.9 Å². The highest BCUT2D eigenvalue weighted by Crippen LogP contribution is 2.19. The first-order chi connectivity index (χ1) is 10.2. The molecular formula is C16H23N3O2. The summed E-state index contributed by atoms with van der Waals surface area (Å²) in [4.78, 5) is 23.5. The van der Waals surface area contributed by atoms with E-state index >= 15 is 0 Å². The molecule has 4 N–H and O–H groups in total. The summed E-state index contributed by atoms with van der Waals surface area (Å²) in [7, 11) is 0. The molecule has 1 saturated carbocycles. The molecule has 0 spiro atoms. The third kappa shape index (κ3) is 5.55. The number of anilines is 1. The van der Waals surface area contributed by atoms with Crippen LogP contribution in [0.4, 0.5) is 5.69 Å². The molecule has 2 amide bonds. The average Bonchev–Trinajstić information content (AvgIpc) is 3.28. The van der Waals surface area contributed by atoms with E-state index in [0.29, 0.717) is 24.6 Å². The lowest BCUT2D eigenvalue weighted by atomic mass is 10.1. The minimum Gasteiger partial charge on any atom is -0.349 e. The van der Waals surface area contributed by atoms with Crippen LogP contribution in [0.25, 0.3) is 0 Å². The van der Waals surface area contributed by atoms with Gasteiger partial charge in [-0.25, -0.2) is 0 Å². The summed E-state index contributed by atoms with van der Waals surface area (Å²) in [5.74, 6) is -0.0423. The maximum atomic E-state index is 11.8. The lowest BCUT2D eigenvalue weighted by molar-refractivity contribution is -0.116. The minimum absolute atomic E-state index is 0.00204. The molecule has 0 unspecified atom stereocenters. The summed E-state index contributed by atoms with van der Waals surface area (Å²) in [6, 6.07) is 7.35. The number of carbonyl (C=O) groups excluding carboxylic acids is 2. The molecule has 1 aliphatic carbocycles. The first kappa shape index (κ1) is 15.5. The van der Waals surface area contributed by atoms with Gasteiger partial charge in [-0.15, -0.1) is 0 Å². The van der Waals surface area contributed by atoms with Gasteiger partial charge >= 0.3 is 0 Å². The Bertz CT molecular complexity index is 481. The zero-order valence-electron chi connectivity index (χ0n) is 12.2. The number of rotatable bonds is 8. The molecule has 0 radical (unpaired) electrons. The van der Waals surface area contributed by atoms with Crippen LogP contribution in [-0.2, 0) is 4.79 Å². The minimum atomic E-state index is -0.0443. The molecular weight excluding hydrogens is 266 g/mol. The highest BCUT2D eigenvalue weighted by atomic mass is 16.2. The predicted octanol–water partition coefficient (Wildman–Crippen LogP) is 2.04. The second kappa shape index (κ2) is 7.78. The molecule has 0 aliphatic heterocycles. The number of nitrogens with one attached hydrogen (secondary N) is 2. The Morgan fingerprint density at radius 3 is 2.43 bits per heavy atom. The summed E-state index contributed by atoms with van der Waals surface area (Å²) < 4.78 is 0. The molecule has 0 aromatic heterocycles. The fourth-order valence-electron chi connectivity index (χ4n) is 2.03. The van der Waals surface area contributed by atoms with Gasteiger partial charge in [-0.1, -0.05) is 6.42 Å². The Hall–Kier alpha value is -1.88. The quantitative estimate of drug-likeness (QED) is 0.640. The Balaban J connectivity index is 1.75. The lowest BCUT2D eigenvalue weighted by Crippen LogP contribution is -2.25. The van der Waals surface area contributed by atoms with Crippen LogP contribution in [0.2, 0.25) is 0 Å². The van der Waals surface area contributed by atoms with Crippen molar-refractivity contribution in [2.24, 2.45) is 5.73 Å². The van der Waals surface area contributed by atoms with Gasteiger partial charge in [-0.3, -0.25) is 9.59 Å². The first-order valence-corrected chi connectivity index (χ1v) is 7.60. The van der Waals surface area contributed by atoms with Crippen LogP contribution in [-0.4, -0.2) is 24.4 Å². The topological polar surface area (TPSA) is 84.2 Å². The SMILES string of the molecule is NCCCCCC(=O)Nc1ccc(C(=O)NC2CC2)cc1. The van der Waals surface area contributed by atoms with Gasteiger partial charge in [0.25, 0.3) is 5.91 Å². The normalized spacial score (nSPS) is 13.8. The van der Waals surface area contributed by atoms with Crippen molar-refractivity contribution in [3.8, 4) is 0 Å². The summed E-state index contributed by atoms with van der Waals surface area (Å²) >= 11 is 0. The summed E-state index contributed by atoms with van der Waals surface area (Å²) in [6.45, 7) is 0.673. The zero-order valence-corrected chi connectivity index (χ0v) is 12.2. The molecule has 0 heterocycles. The van der Waals surface area contributed by atoms with E-state index in [1.807, 2.05) is 0 Å². The molecule has 5 heteroatoms. The maximum absolute atomic E-state index is 11.8. The van der Waals surface area contributed by atoms with E-state index in [1.165, 1.54) is 0 Å². The molecule has 2 rings (SSSR count). The first-order valence-electron chi connectivity index (χ1n) is 7.60. The number of carbonyl (C=O) groups is 2. The van der Waals surface area contributed by atoms with E-state index in [1.54, 1.807) is 24.3 Å². The van der Waals surface area contributed by atoms with E-state index in [9.17, 15) is 9.59 Å². The predicted molar refractivity (Wildman–Crippen MR) is 83.1 cm³/mol. The Morgan fingerprint density at radius 1 is 1.10 bits per heavy atom. The molecule has 1 aliphatic rings. The number of nitrogens with two attached hydrogens (primary N) is 1. The number of benzene rings is 1. The van der Waals surface area contributed by atoms with Crippen LogP contribution in [0.1, 0.15) is 48.9 Å². The maximum Gasteiger partial charge on any atom is 0.251 e. The van der Waals surface area contributed by atoms with Gasteiger partial charge in [0.05, 0.1) is 0 Å². The molecule has 1 fully saturated rings. The Kier molecular flexibility index (Phi) is 5.75. The standard InChI is InChI=1S/C16H23N3O2/c17-11-3-1-2-4-15(20)18-13-7-5-12(6-8-13)16(21)19-14-9-10-14/h5-8,14H,1-4,9-11,17H2,(H,18,20)(H,19,21). The number of hydrogen-bond donors (Lipinski definition) is 3. The third-order valence-corrected chi connectivity index (χ3v) is 3.45. The third-order valence-electron chi connectivity index (χ3n) is 3.45. The monoisotopic (exact) mass is 289 g/mol. The van der Waals surface area contributed by atoms with E-state index in [-0.39, 0.29) is 11.8 Å². The molecule has 5 nitrogen and oxygen atoms in total. The molecule has 0 saturated heterocycles. The van der Waals surface area contributed by atoms with Crippen LogP contribution in [0.3, 0.4) is 0 Å². The van der Waals surface area contributed by atoms with Gasteiger partial charge in [0.15, 0.2) is 0 Å². The smallest absolute Gasteiger partial charge is 0.251 e. The number of amides is 2. The highest BCUT2D eigenvalue weighted by molar-refractivity contribution is 5.96. The van der Waals surface area contributed by atoms with Crippen molar-refractivity contribution in [2.45, 2.75) is 44.6 Å². The van der Waals surface area contributed by atoms with Crippen molar-refractivity contribution < 1.29 is 9.59 Å². The average molecular weight is 289 g/mol.